The highest BCUT2D eigenvalue weighted by atomic mass is 16.1. The third kappa shape index (κ3) is 4.42. The minimum Gasteiger partial charge on any atom is -0.345 e. The van der Waals surface area contributed by atoms with Crippen molar-refractivity contribution in [1.82, 2.24) is 10.2 Å². The summed E-state index contributed by atoms with van der Waals surface area (Å²) in [5.41, 5.74) is 3.90. The average molecular weight is 368 g/mol. The van der Waals surface area contributed by atoms with Gasteiger partial charge in [-0.1, -0.05) is 78.6 Å². The van der Waals surface area contributed by atoms with E-state index in [2.05, 4.69) is 64.5 Å². The van der Waals surface area contributed by atoms with Crippen molar-refractivity contribution < 1.29 is 4.79 Å². The molecule has 1 amide bonds. The Kier molecular flexibility index (Phi) is 5.70. The number of nitrogens with zero attached hydrogens (tertiary/aromatic N) is 1. The number of benzene rings is 3. The lowest BCUT2D eigenvalue weighted by Gasteiger charge is -2.26. The Morgan fingerprint density at radius 1 is 0.929 bits per heavy atom. The van der Waals surface area contributed by atoms with E-state index in [-0.39, 0.29) is 5.91 Å². The van der Waals surface area contributed by atoms with E-state index >= 15 is 0 Å². The molecule has 4 rings (SSSR count). The predicted molar refractivity (Wildman–Crippen MR) is 114 cm³/mol. The number of carbonyl (C=O) groups is 1. The standard InChI is InChI=1S/C25H24N2O/c28-25(18-22-12-7-11-21-9-3-4-13-24(21)22)26-15-5-6-16-27-17-14-20-8-1-2-10-23(20)19-27/h1-4,7-13H,14-19H2,(H,26,28). The second kappa shape index (κ2) is 8.73. The first-order valence-corrected chi connectivity index (χ1v) is 9.78. The van der Waals surface area contributed by atoms with Crippen LogP contribution < -0.4 is 5.32 Å². The second-order valence-corrected chi connectivity index (χ2v) is 7.17. The maximum absolute atomic E-state index is 12.3. The molecule has 1 aliphatic heterocycles. The molecule has 0 aliphatic carbocycles. The van der Waals surface area contributed by atoms with Gasteiger partial charge in [-0.05, 0) is 33.9 Å². The quantitative estimate of drug-likeness (QED) is 0.714. The maximum Gasteiger partial charge on any atom is 0.225 e. The van der Waals surface area contributed by atoms with Gasteiger partial charge in [-0.2, -0.15) is 0 Å². The van der Waals surface area contributed by atoms with Crippen LogP contribution in [0, 0.1) is 11.8 Å². The van der Waals surface area contributed by atoms with Crippen molar-refractivity contribution in [3.63, 3.8) is 0 Å². The fourth-order valence-corrected chi connectivity index (χ4v) is 3.74. The van der Waals surface area contributed by atoms with Crippen molar-refractivity contribution >= 4 is 16.7 Å². The molecule has 0 atom stereocenters. The Morgan fingerprint density at radius 2 is 1.71 bits per heavy atom. The molecule has 0 bridgehead atoms. The molecule has 28 heavy (non-hydrogen) atoms. The first kappa shape index (κ1) is 18.3. The fourth-order valence-electron chi connectivity index (χ4n) is 3.74. The summed E-state index contributed by atoms with van der Waals surface area (Å²) in [6.07, 6.45) is 1.46. The molecule has 0 unspecified atom stereocenters. The summed E-state index contributed by atoms with van der Waals surface area (Å²) in [6.45, 7) is 3.14. The van der Waals surface area contributed by atoms with Crippen LogP contribution in [0.4, 0.5) is 0 Å². The number of amides is 1. The Hall–Kier alpha value is -3.09. The maximum atomic E-state index is 12.3. The van der Waals surface area contributed by atoms with Crippen molar-refractivity contribution in [3.05, 3.63) is 83.4 Å². The van der Waals surface area contributed by atoms with E-state index < -0.39 is 0 Å². The zero-order valence-electron chi connectivity index (χ0n) is 15.9. The molecule has 0 fully saturated rings. The van der Waals surface area contributed by atoms with Crippen LogP contribution in [0.2, 0.25) is 0 Å². The minimum absolute atomic E-state index is 0.0116. The Labute approximate surface area is 166 Å². The normalized spacial score (nSPS) is 13.4. The first-order chi connectivity index (χ1) is 13.8. The van der Waals surface area contributed by atoms with Crippen LogP contribution in [0.1, 0.15) is 16.7 Å². The average Bonchev–Trinajstić information content (AvgIpc) is 2.74. The molecular formula is C25H24N2O. The summed E-state index contributed by atoms with van der Waals surface area (Å²) in [5, 5.41) is 5.22. The number of hydrogen-bond donors (Lipinski definition) is 1. The smallest absolute Gasteiger partial charge is 0.225 e. The van der Waals surface area contributed by atoms with Crippen molar-refractivity contribution in [1.29, 1.82) is 0 Å². The van der Waals surface area contributed by atoms with Crippen LogP contribution in [0.3, 0.4) is 0 Å². The molecule has 3 aromatic carbocycles. The van der Waals surface area contributed by atoms with Gasteiger partial charge in [0, 0.05) is 13.1 Å². The summed E-state index contributed by atoms with van der Waals surface area (Å²) < 4.78 is 0. The van der Waals surface area contributed by atoms with Crippen LogP contribution in [0.25, 0.3) is 10.8 Å². The number of carbonyl (C=O) groups excluding carboxylic acids is 1. The SMILES string of the molecule is O=C(Cc1cccc2ccccc12)NCC#CCN1CCc2ccccc2C1. The number of rotatable bonds is 4. The summed E-state index contributed by atoms with van der Waals surface area (Å²) in [7, 11) is 0. The molecule has 1 N–H and O–H groups in total. The molecule has 3 heteroatoms. The molecule has 3 aromatic rings. The van der Waals surface area contributed by atoms with E-state index in [0.717, 1.165) is 42.4 Å². The van der Waals surface area contributed by atoms with E-state index in [1.807, 2.05) is 24.3 Å². The minimum atomic E-state index is 0.0116. The third-order valence-corrected chi connectivity index (χ3v) is 5.24. The summed E-state index contributed by atoms with van der Waals surface area (Å²) in [5.74, 6) is 6.29. The zero-order chi connectivity index (χ0) is 19.2. The van der Waals surface area contributed by atoms with Crippen molar-refractivity contribution in [2.45, 2.75) is 19.4 Å². The number of hydrogen-bond acceptors (Lipinski definition) is 2. The topological polar surface area (TPSA) is 32.3 Å². The van der Waals surface area contributed by atoms with E-state index in [1.54, 1.807) is 0 Å². The van der Waals surface area contributed by atoms with Gasteiger partial charge in [0.25, 0.3) is 0 Å². The molecule has 1 heterocycles. The van der Waals surface area contributed by atoms with E-state index in [1.165, 1.54) is 11.1 Å². The molecule has 0 saturated carbocycles. The van der Waals surface area contributed by atoms with Crippen molar-refractivity contribution in [2.24, 2.45) is 0 Å². The highest BCUT2D eigenvalue weighted by Crippen LogP contribution is 2.19. The van der Waals surface area contributed by atoms with Gasteiger partial charge in [0.2, 0.25) is 5.91 Å². The highest BCUT2D eigenvalue weighted by Gasteiger charge is 2.14. The van der Waals surface area contributed by atoms with Gasteiger partial charge in [-0.15, -0.1) is 0 Å². The van der Waals surface area contributed by atoms with Gasteiger partial charge in [-0.3, -0.25) is 9.69 Å². The molecule has 0 spiro atoms. The lowest BCUT2D eigenvalue weighted by atomic mass is 10.0. The largest absolute Gasteiger partial charge is 0.345 e. The summed E-state index contributed by atoms with van der Waals surface area (Å²) in [6, 6.07) is 22.9. The lowest BCUT2D eigenvalue weighted by molar-refractivity contribution is -0.120. The molecule has 0 radical (unpaired) electrons. The van der Waals surface area contributed by atoms with Gasteiger partial charge in [0.1, 0.15) is 0 Å². The van der Waals surface area contributed by atoms with Gasteiger partial charge >= 0.3 is 0 Å². The van der Waals surface area contributed by atoms with Gasteiger partial charge in [0.15, 0.2) is 0 Å². The number of nitrogens with one attached hydrogen (secondary N) is 1. The van der Waals surface area contributed by atoms with Crippen molar-refractivity contribution in [2.75, 3.05) is 19.6 Å². The summed E-state index contributed by atoms with van der Waals surface area (Å²) in [4.78, 5) is 14.6. The monoisotopic (exact) mass is 368 g/mol. The van der Waals surface area contributed by atoms with Gasteiger partial charge in [-0.25, -0.2) is 0 Å². The molecule has 0 saturated heterocycles. The second-order valence-electron chi connectivity index (χ2n) is 7.17. The Balaban J connectivity index is 1.25. The Morgan fingerprint density at radius 3 is 2.64 bits per heavy atom. The molecule has 1 aliphatic rings. The number of fused-ring (bicyclic) bond motifs is 2. The van der Waals surface area contributed by atoms with Crippen LogP contribution >= 0.6 is 0 Å². The fraction of sp³-hybridized carbons (Fsp3) is 0.240. The van der Waals surface area contributed by atoms with E-state index in [4.69, 9.17) is 0 Å². The van der Waals surface area contributed by atoms with Gasteiger partial charge in [0.05, 0.1) is 19.5 Å². The molecule has 3 nitrogen and oxygen atoms in total. The predicted octanol–water partition coefficient (Wildman–Crippen LogP) is 3.56. The first-order valence-electron chi connectivity index (χ1n) is 9.78. The summed E-state index contributed by atoms with van der Waals surface area (Å²) >= 11 is 0. The van der Waals surface area contributed by atoms with Gasteiger partial charge < -0.3 is 5.32 Å². The van der Waals surface area contributed by atoms with Crippen LogP contribution in [0.15, 0.2) is 66.7 Å². The highest BCUT2D eigenvalue weighted by molar-refractivity contribution is 5.90. The van der Waals surface area contributed by atoms with E-state index in [0.29, 0.717) is 13.0 Å². The van der Waals surface area contributed by atoms with Crippen LogP contribution in [-0.2, 0) is 24.2 Å². The van der Waals surface area contributed by atoms with Crippen LogP contribution in [0.5, 0.6) is 0 Å². The zero-order valence-corrected chi connectivity index (χ0v) is 15.9. The molecular weight excluding hydrogens is 344 g/mol. The molecule has 0 aromatic heterocycles. The Bertz CT molecular complexity index is 1040. The van der Waals surface area contributed by atoms with Crippen LogP contribution in [-0.4, -0.2) is 30.4 Å². The van der Waals surface area contributed by atoms with E-state index in [9.17, 15) is 4.79 Å². The lowest BCUT2D eigenvalue weighted by Crippen LogP contribution is -2.31. The molecule has 140 valence electrons. The van der Waals surface area contributed by atoms with Crippen molar-refractivity contribution in [3.8, 4) is 11.8 Å². The third-order valence-electron chi connectivity index (χ3n) is 5.24.